The number of hydrogen-bond donors (Lipinski definition) is 1. The van der Waals surface area contributed by atoms with Gasteiger partial charge in [-0.1, -0.05) is 12.1 Å². The first-order chi connectivity index (χ1) is 11.6. The first-order valence-electron chi connectivity index (χ1n) is 8.02. The number of methoxy groups -OCH3 is 2. The lowest BCUT2D eigenvalue weighted by Gasteiger charge is -2.18. The van der Waals surface area contributed by atoms with Crippen LogP contribution in [0.15, 0.2) is 36.4 Å². The van der Waals surface area contributed by atoms with E-state index in [9.17, 15) is 4.79 Å². The van der Waals surface area contributed by atoms with Gasteiger partial charge in [0.1, 0.15) is 11.6 Å². The van der Waals surface area contributed by atoms with Gasteiger partial charge in [0.25, 0.3) is 0 Å². The molecule has 3 rings (SSSR count). The van der Waals surface area contributed by atoms with E-state index in [1.165, 1.54) is 12.7 Å². The molecule has 1 heterocycles. The molecule has 126 valence electrons. The van der Waals surface area contributed by atoms with E-state index in [0.29, 0.717) is 11.3 Å². The summed E-state index contributed by atoms with van der Waals surface area (Å²) in [7, 11) is 3.05. The van der Waals surface area contributed by atoms with Crippen molar-refractivity contribution in [1.82, 2.24) is 4.98 Å². The highest BCUT2D eigenvalue weighted by Crippen LogP contribution is 2.48. The number of nitrogens with one attached hydrogen (secondary N) is 1. The Morgan fingerprint density at radius 3 is 2.42 bits per heavy atom. The Morgan fingerprint density at radius 2 is 1.88 bits per heavy atom. The predicted molar refractivity (Wildman–Crippen MR) is 92.7 cm³/mol. The summed E-state index contributed by atoms with van der Waals surface area (Å²) in [5, 5.41) is 3.41. The number of ether oxygens (including phenoxy) is 2. The van der Waals surface area contributed by atoms with Crippen LogP contribution < -0.4 is 10.1 Å². The molecule has 1 N–H and O–H groups in total. The number of nitrogens with zero attached hydrogens (tertiary/aromatic N) is 1. The summed E-state index contributed by atoms with van der Waals surface area (Å²) in [5.41, 5.74) is 2.65. The van der Waals surface area contributed by atoms with Crippen LogP contribution in [0.2, 0.25) is 0 Å². The van der Waals surface area contributed by atoms with Gasteiger partial charge < -0.3 is 14.8 Å². The molecule has 5 heteroatoms. The van der Waals surface area contributed by atoms with Crippen LogP contribution in [-0.2, 0) is 10.2 Å². The molecule has 1 saturated carbocycles. The lowest BCUT2D eigenvalue weighted by Crippen LogP contribution is -2.20. The van der Waals surface area contributed by atoms with E-state index in [2.05, 4.69) is 22.4 Å². The van der Waals surface area contributed by atoms with Gasteiger partial charge in [-0.2, -0.15) is 0 Å². The fourth-order valence-corrected chi connectivity index (χ4v) is 2.91. The van der Waals surface area contributed by atoms with Crippen molar-refractivity contribution in [2.24, 2.45) is 0 Å². The molecule has 1 aliphatic carbocycles. The van der Waals surface area contributed by atoms with Crippen molar-refractivity contribution in [2.45, 2.75) is 25.2 Å². The fourth-order valence-electron chi connectivity index (χ4n) is 2.91. The summed E-state index contributed by atoms with van der Waals surface area (Å²) >= 11 is 0. The Hall–Kier alpha value is -2.56. The quantitative estimate of drug-likeness (QED) is 0.825. The van der Waals surface area contributed by atoms with Crippen molar-refractivity contribution >= 4 is 11.8 Å². The molecule has 24 heavy (non-hydrogen) atoms. The second kappa shape index (κ2) is 6.51. The molecule has 0 amide bonds. The van der Waals surface area contributed by atoms with Crippen molar-refractivity contribution in [2.75, 3.05) is 26.1 Å². The zero-order valence-electron chi connectivity index (χ0n) is 14.3. The van der Waals surface area contributed by atoms with Gasteiger partial charge in [-0.15, -0.1) is 0 Å². The lowest BCUT2D eigenvalue weighted by molar-refractivity contribution is 0.0599. The molecule has 5 nitrogen and oxygen atoms in total. The van der Waals surface area contributed by atoms with Crippen molar-refractivity contribution < 1.29 is 14.3 Å². The Balaban J connectivity index is 1.69. The largest absolute Gasteiger partial charge is 0.497 e. The van der Waals surface area contributed by atoms with Gasteiger partial charge in [-0.3, -0.25) is 0 Å². The van der Waals surface area contributed by atoms with Gasteiger partial charge in [-0.25, -0.2) is 9.78 Å². The van der Waals surface area contributed by atoms with Gasteiger partial charge in [0.05, 0.1) is 25.5 Å². The van der Waals surface area contributed by atoms with Crippen LogP contribution in [0, 0.1) is 6.92 Å². The van der Waals surface area contributed by atoms with Crippen molar-refractivity contribution in [1.29, 1.82) is 0 Å². The molecule has 0 unspecified atom stereocenters. The van der Waals surface area contributed by atoms with Gasteiger partial charge >= 0.3 is 5.97 Å². The highest BCUT2D eigenvalue weighted by Gasteiger charge is 2.44. The highest BCUT2D eigenvalue weighted by molar-refractivity contribution is 5.90. The average molecular weight is 326 g/mol. The van der Waals surface area contributed by atoms with Crippen LogP contribution in [0.5, 0.6) is 5.75 Å². The maximum atomic E-state index is 11.6. The summed E-state index contributed by atoms with van der Waals surface area (Å²) < 4.78 is 9.97. The lowest BCUT2D eigenvalue weighted by atomic mass is 9.96. The number of pyridine rings is 1. The van der Waals surface area contributed by atoms with Gasteiger partial charge in [-0.05, 0) is 49.6 Å². The SMILES string of the molecule is COC(=O)c1ccc(NCC2(c3ccc(OC)cc3)CC2)nc1C. The molecule has 1 aliphatic rings. The third-order valence-corrected chi connectivity index (χ3v) is 4.65. The second-order valence-electron chi connectivity index (χ2n) is 6.18. The number of esters is 1. The van der Waals surface area contributed by atoms with Crippen LogP contribution in [-0.4, -0.2) is 31.7 Å². The minimum atomic E-state index is -0.358. The predicted octanol–water partition coefficient (Wildman–Crippen LogP) is 3.33. The summed E-state index contributed by atoms with van der Waals surface area (Å²) in [6.45, 7) is 2.64. The summed E-state index contributed by atoms with van der Waals surface area (Å²) in [5.74, 6) is 1.29. The molecular weight excluding hydrogens is 304 g/mol. The van der Waals surface area contributed by atoms with Crippen molar-refractivity contribution in [3.8, 4) is 5.75 Å². The minimum absolute atomic E-state index is 0.170. The van der Waals surface area contributed by atoms with E-state index in [0.717, 1.165) is 31.0 Å². The van der Waals surface area contributed by atoms with E-state index in [-0.39, 0.29) is 11.4 Å². The van der Waals surface area contributed by atoms with E-state index in [4.69, 9.17) is 9.47 Å². The molecule has 0 spiro atoms. The smallest absolute Gasteiger partial charge is 0.339 e. The number of aryl methyl sites for hydroxylation is 1. The molecule has 0 radical (unpaired) electrons. The molecule has 0 aliphatic heterocycles. The normalized spacial score (nSPS) is 14.8. The van der Waals surface area contributed by atoms with Crippen LogP contribution in [0.3, 0.4) is 0 Å². The third kappa shape index (κ3) is 3.20. The average Bonchev–Trinajstić information content (AvgIpc) is 3.41. The van der Waals surface area contributed by atoms with Crippen molar-refractivity contribution in [3.63, 3.8) is 0 Å². The summed E-state index contributed by atoms with van der Waals surface area (Å²) in [4.78, 5) is 16.1. The van der Waals surface area contributed by atoms with E-state index in [1.54, 1.807) is 13.2 Å². The molecule has 0 bridgehead atoms. The molecule has 0 atom stereocenters. The number of carbonyl (C=O) groups excluding carboxylic acids is 1. The first kappa shape index (κ1) is 16.3. The summed E-state index contributed by atoms with van der Waals surface area (Å²) in [6, 6.07) is 11.8. The number of benzene rings is 1. The Morgan fingerprint density at radius 1 is 1.17 bits per heavy atom. The first-order valence-corrected chi connectivity index (χ1v) is 8.02. The zero-order valence-corrected chi connectivity index (χ0v) is 14.3. The van der Waals surface area contributed by atoms with Crippen LogP contribution >= 0.6 is 0 Å². The van der Waals surface area contributed by atoms with E-state index in [1.807, 2.05) is 25.1 Å². The number of aromatic nitrogens is 1. The van der Waals surface area contributed by atoms with Crippen LogP contribution in [0.1, 0.15) is 34.5 Å². The monoisotopic (exact) mass is 326 g/mol. The third-order valence-electron chi connectivity index (χ3n) is 4.65. The molecule has 1 fully saturated rings. The van der Waals surface area contributed by atoms with E-state index >= 15 is 0 Å². The van der Waals surface area contributed by atoms with Crippen LogP contribution in [0.4, 0.5) is 5.82 Å². The topological polar surface area (TPSA) is 60.5 Å². The Kier molecular flexibility index (Phi) is 4.42. The Bertz CT molecular complexity index is 737. The summed E-state index contributed by atoms with van der Waals surface area (Å²) in [6.07, 6.45) is 2.32. The molecule has 1 aromatic carbocycles. The van der Waals surface area contributed by atoms with Crippen LogP contribution in [0.25, 0.3) is 0 Å². The fraction of sp³-hybridized carbons (Fsp3) is 0.368. The zero-order chi connectivity index (χ0) is 17.2. The maximum Gasteiger partial charge on any atom is 0.339 e. The molecule has 1 aromatic heterocycles. The molecular formula is C19H22N2O3. The van der Waals surface area contributed by atoms with E-state index < -0.39 is 0 Å². The van der Waals surface area contributed by atoms with Gasteiger partial charge in [0.2, 0.25) is 0 Å². The molecule has 0 saturated heterocycles. The number of anilines is 1. The van der Waals surface area contributed by atoms with Gasteiger partial charge in [0.15, 0.2) is 0 Å². The number of rotatable bonds is 6. The van der Waals surface area contributed by atoms with Crippen molar-refractivity contribution in [3.05, 3.63) is 53.2 Å². The maximum absolute atomic E-state index is 11.6. The highest BCUT2D eigenvalue weighted by atomic mass is 16.5. The Labute approximate surface area is 142 Å². The molecule has 2 aromatic rings. The van der Waals surface area contributed by atoms with Gasteiger partial charge in [0, 0.05) is 12.0 Å². The minimum Gasteiger partial charge on any atom is -0.497 e. The number of carbonyl (C=O) groups is 1. The standard InChI is InChI=1S/C19H22N2O3/c1-13-16(18(22)24-3)8-9-17(21-13)20-12-19(10-11-19)14-4-6-15(23-2)7-5-14/h4-9H,10-12H2,1-3H3,(H,20,21). The second-order valence-corrected chi connectivity index (χ2v) is 6.18. The number of hydrogen-bond acceptors (Lipinski definition) is 5.